The van der Waals surface area contributed by atoms with Crippen LogP contribution < -0.4 is 4.72 Å². The van der Waals surface area contributed by atoms with Crippen molar-refractivity contribution >= 4 is 11.4 Å². The fraction of sp³-hybridized carbons (Fsp3) is 1.00. The average molecular weight is 271 g/mol. The maximum absolute atomic E-state index is 12.2. The Morgan fingerprint density at radius 1 is 1.11 bits per heavy atom. The van der Waals surface area contributed by atoms with Crippen molar-refractivity contribution in [3.8, 4) is 0 Å². The van der Waals surface area contributed by atoms with Gasteiger partial charge in [-0.05, 0) is 51.9 Å². The summed E-state index contributed by atoms with van der Waals surface area (Å²) in [5.74, 6) is 1.69. The van der Waals surface area contributed by atoms with Crippen LogP contribution in [0.25, 0.3) is 0 Å². The van der Waals surface area contributed by atoms with Gasteiger partial charge in [-0.25, -0.2) is 0 Å². The molecule has 0 bridgehead atoms. The van der Waals surface area contributed by atoms with E-state index >= 15 is 0 Å². The highest BCUT2D eigenvalue weighted by Crippen LogP contribution is 2.38. The number of rotatable bonds is 5. The number of nitrogens with one attached hydrogen (secondary N) is 1. The summed E-state index contributed by atoms with van der Waals surface area (Å²) in [5.41, 5.74) is 0. The van der Waals surface area contributed by atoms with E-state index in [4.69, 9.17) is 0 Å². The van der Waals surface area contributed by atoms with Crippen LogP contribution in [0.5, 0.6) is 0 Å². The lowest BCUT2D eigenvalue weighted by Gasteiger charge is -2.31. The summed E-state index contributed by atoms with van der Waals surface area (Å²) in [6.45, 7) is 6.17. The zero-order valence-corrected chi connectivity index (χ0v) is 13.0. The van der Waals surface area contributed by atoms with Crippen LogP contribution in [0.15, 0.2) is 0 Å². The quantitative estimate of drug-likeness (QED) is 0.772. The topological polar surface area (TPSA) is 35.1 Å². The minimum absolute atomic E-state index is 0.139. The van der Waals surface area contributed by atoms with E-state index in [-0.39, 0.29) is 4.75 Å². The van der Waals surface area contributed by atoms with Crippen molar-refractivity contribution in [1.82, 2.24) is 4.72 Å². The maximum Gasteiger partial charge on any atom is 0.136 e. The summed E-state index contributed by atoms with van der Waals surface area (Å²) in [6, 6.07) is 0.508. The van der Waals surface area contributed by atoms with E-state index in [1.807, 2.05) is 0 Å². The summed E-state index contributed by atoms with van der Waals surface area (Å²) in [7, 11) is 0. The Morgan fingerprint density at radius 3 is 2.22 bits per heavy atom. The Balaban J connectivity index is 1.83. The van der Waals surface area contributed by atoms with Gasteiger partial charge in [0.15, 0.2) is 0 Å². The summed E-state index contributed by atoms with van der Waals surface area (Å²) >= 11 is -0.902. The van der Waals surface area contributed by atoms with Crippen molar-refractivity contribution in [2.24, 2.45) is 11.8 Å². The Bertz CT molecular complexity index is 254. The molecule has 18 heavy (non-hydrogen) atoms. The lowest BCUT2D eigenvalue weighted by molar-refractivity contribution is 0.298. The van der Waals surface area contributed by atoms with Crippen LogP contribution in [0, 0.1) is 11.8 Å². The molecule has 0 saturated heterocycles. The first kappa shape index (κ1) is 14.7. The minimum Gasteiger partial charge on any atom is -0.598 e. The smallest absolute Gasteiger partial charge is 0.136 e. The highest BCUT2D eigenvalue weighted by atomic mass is 32.2. The fourth-order valence-electron chi connectivity index (χ4n) is 2.93. The van der Waals surface area contributed by atoms with Crippen LogP contribution in [-0.2, 0) is 11.4 Å². The first-order valence-electron chi connectivity index (χ1n) is 7.65. The normalized spacial score (nSPS) is 26.0. The third-order valence-corrected chi connectivity index (χ3v) is 5.95. The third kappa shape index (κ3) is 4.43. The molecule has 2 nitrogen and oxygen atoms in total. The zero-order valence-electron chi connectivity index (χ0n) is 12.2. The molecule has 0 unspecified atom stereocenters. The molecule has 0 aromatic carbocycles. The van der Waals surface area contributed by atoms with Gasteiger partial charge in [-0.3, -0.25) is 0 Å². The lowest BCUT2D eigenvalue weighted by Crippen LogP contribution is -2.46. The minimum atomic E-state index is -0.902. The monoisotopic (exact) mass is 271 g/mol. The van der Waals surface area contributed by atoms with Crippen LogP contribution in [0.3, 0.4) is 0 Å². The van der Waals surface area contributed by atoms with Gasteiger partial charge in [-0.15, -0.1) is 4.72 Å². The van der Waals surface area contributed by atoms with Crippen LogP contribution in [0.4, 0.5) is 0 Å². The summed E-state index contributed by atoms with van der Waals surface area (Å²) in [4.78, 5) is 0. The van der Waals surface area contributed by atoms with E-state index in [2.05, 4.69) is 25.5 Å². The Morgan fingerprint density at radius 2 is 1.72 bits per heavy atom. The van der Waals surface area contributed by atoms with Crippen molar-refractivity contribution < 1.29 is 4.55 Å². The molecule has 2 fully saturated rings. The molecule has 2 saturated carbocycles. The molecule has 0 amide bonds. The second-order valence-corrected chi connectivity index (χ2v) is 9.18. The zero-order chi connectivity index (χ0) is 13.2. The van der Waals surface area contributed by atoms with Gasteiger partial charge in [0.25, 0.3) is 0 Å². The molecule has 0 radical (unpaired) electrons. The van der Waals surface area contributed by atoms with E-state index in [1.165, 1.54) is 51.4 Å². The van der Waals surface area contributed by atoms with E-state index < -0.39 is 11.4 Å². The molecule has 0 aliphatic heterocycles. The van der Waals surface area contributed by atoms with Gasteiger partial charge in [0.2, 0.25) is 0 Å². The van der Waals surface area contributed by atoms with Crippen LogP contribution in [0.2, 0.25) is 0 Å². The SMILES string of the molecule is CC(C)(C)[S@@+]([O-])N[C@H](CC1CCCCC1)C1CC1. The lowest BCUT2D eigenvalue weighted by atomic mass is 9.84. The first-order chi connectivity index (χ1) is 8.47. The molecule has 106 valence electrons. The van der Waals surface area contributed by atoms with Crippen LogP contribution >= 0.6 is 0 Å². The van der Waals surface area contributed by atoms with Crippen molar-refractivity contribution in [3.63, 3.8) is 0 Å². The van der Waals surface area contributed by atoms with Gasteiger partial charge in [0.05, 0.1) is 6.04 Å². The number of hydrogen-bond acceptors (Lipinski definition) is 2. The predicted molar refractivity (Wildman–Crippen MR) is 78.7 cm³/mol. The predicted octanol–water partition coefficient (Wildman–Crippen LogP) is 3.79. The largest absolute Gasteiger partial charge is 0.598 e. The molecule has 0 aromatic rings. The second kappa shape index (κ2) is 6.15. The van der Waals surface area contributed by atoms with Crippen molar-refractivity contribution in [1.29, 1.82) is 0 Å². The molecule has 0 aromatic heterocycles. The van der Waals surface area contributed by atoms with Crippen LogP contribution in [-0.4, -0.2) is 15.3 Å². The Labute approximate surface area is 116 Å². The van der Waals surface area contributed by atoms with Gasteiger partial charge in [-0.1, -0.05) is 32.1 Å². The molecular formula is C15H29NOS. The van der Waals surface area contributed by atoms with E-state index in [0.717, 1.165) is 11.8 Å². The molecule has 0 spiro atoms. The van der Waals surface area contributed by atoms with Gasteiger partial charge < -0.3 is 4.55 Å². The molecule has 2 rings (SSSR count). The summed E-state index contributed by atoms with van der Waals surface area (Å²) in [6.07, 6.45) is 11.0. The van der Waals surface area contributed by atoms with Gasteiger partial charge in [0, 0.05) is 11.4 Å². The van der Waals surface area contributed by atoms with E-state index in [1.54, 1.807) is 0 Å². The average Bonchev–Trinajstić information content (AvgIpc) is 3.12. The molecule has 0 heterocycles. The Kier molecular flexibility index (Phi) is 5.01. The molecular weight excluding hydrogens is 242 g/mol. The second-order valence-electron chi connectivity index (χ2n) is 7.18. The van der Waals surface area contributed by atoms with Gasteiger partial charge in [-0.2, -0.15) is 0 Å². The molecule has 2 aliphatic rings. The highest BCUT2D eigenvalue weighted by Gasteiger charge is 2.38. The molecule has 1 N–H and O–H groups in total. The molecule has 2 aliphatic carbocycles. The standard InChI is InChI=1S/C15H29NOS/c1-15(2,3)18(17)16-14(13-9-10-13)11-12-7-5-4-6-8-12/h12-14,16H,4-11H2,1-3H3/t14-,18-/m1/s1. The maximum atomic E-state index is 12.2. The van der Waals surface area contributed by atoms with E-state index in [9.17, 15) is 4.55 Å². The van der Waals surface area contributed by atoms with Crippen molar-refractivity contribution in [3.05, 3.63) is 0 Å². The molecule has 2 atom stereocenters. The fourth-order valence-corrected chi connectivity index (χ4v) is 3.85. The first-order valence-corrected chi connectivity index (χ1v) is 8.80. The van der Waals surface area contributed by atoms with E-state index in [0.29, 0.717) is 6.04 Å². The van der Waals surface area contributed by atoms with Crippen LogP contribution in [0.1, 0.15) is 72.1 Å². The Hall–Kier alpha value is 0.270. The third-order valence-electron chi connectivity index (χ3n) is 4.32. The van der Waals surface area contributed by atoms with Gasteiger partial charge >= 0.3 is 0 Å². The van der Waals surface area contributed by atoms with Crippen molar-refractivity contribution in [2.45, 2.75) is 82.9 Å². The van der Waals surface area contributed by atoms with Gasteiger partial charge in [0.1, 0.15) is 4.75 Å². The van der Waals surface area contributed by atoms with Crippen molar-refractivity contribution in [2.75, 3.05) is 0 Å². The molecule has 3 heteroatoms. The number of hydrogen-bond donors (Lipinski definition) is 1. The summed E-state index contributed by atoms with van der Waals surface area (Å²) < 4.78 is 15.5. The summed E-state index contributed by atoms with van der Waals surface area (Å²) in [5, 5.41) is 0. The highest BCUT2D eigenvalue weighted by molar-refractivity contribution is 7.90.